The molecular weight excluding hydrogens is 492 g/mol. The van der Waals surface area contributed by atoms with Gasteiger partial charge in [-0.3, -0.25) is 20.0 Å². The summed E-state index contributed by atoms with van der Waals surface area (Å²) in [6.07, 6.45) is 16.1. The number of amides is 2. The first-order valence-electron chi connectivity index (χ1n) is 13.6. The number of carbonyl (C=O) groups is 2. The van der Waals surface area contributed by atoms with Crippen molar-refractivity contribution in [2.45, 2.75) is 77.0 Å². The SMILES string of the molecule is C=CCOC(=O)NCCCCCCN(OCNCCCCCCOC#N)N(C=O)CCCCCCOC#N. The number of unbranched alkanes of at least 4 members (excludes halogenated alkanes) is 9. The maximum Gasteiger partial charge on any atom is 0.407 e. The highest BCUT2D eigenvalue weighted by Gasteiger charge is 2.14. The third-order valence-electron chi connectivity index (χ3n) is 5.46. The van der Waals surface area contributed by atoms with Crippen LogP contribution in [-0.2, 0) is 23.8 Å². The first-order valence-corrected chi connectivity index (χ1v) is 13.6. The van der Waals surface area contributed by atoms with Gasteiger partial charge in [-0.2, -0.15) is 10.5 Å². The molecule has 0 unspecified atom stereocenters. The number of ether oxygens (including phenoxy) is 3. The van der Waals surface area contributed by atoms with E-state index in [1.54, 1.807) is 22.7 Å². The molecule has 0 fully saturated rings. The van der Waals surface area contributed by atoms with Gasteiger partial charge in [0.05, 0.1) is 0 Å². The lowest BCUT2D eigenvalue weighted by molar-refractivity contribution is -0.273. The first kappa shape index (κ1) is 34.9. The lowest BCUT2D eigenvalue weighted by Gasteiger charge is -2.31. The Balaban J connectivity index is 4.29. The molecular formula is C26H46N6O6. The van der Waals surface area contributed by atoms with Crippen molar-refractivity contribution >= 4 is 12.5 Å². The second-order valence-corrected chi connectivity index (χ2v) is 8.55. The van der Waals surface area contributed by atoms with Gasteiger partial charge >= 0.3 is 6.09 Å². The van der Waals surface area contributed by atoms with Gasteiger partial charge in [0.25, 0.3) is 12.5 Å². The van der Waals surface area contributed by atoms with Gasteiger partial charge < -0.3 is 19.5 Å². The van der Waals surface area contributed by atoms with Crippen LogP contribution in [-0.4, -0.2) is 75.4 Å². The summed E-state index contributed by atoms with van der Waals surface area (Å²) in [5.41, 5.74) is 0. The van der Waals surface area contributed by atoms with Gasteiger partial charge in [-0.1, -0.05) is 43.5 Å². The minimum absolute atomic E-state index is 0.193. The highest BCUT2D eigenvalue weighted by atomic mass is 16.7. The van der Waals surface area contributed by atoms with Crippen LogP contribution >= 0.6 is 0 Å². The summed E-state index contributed by atoms with van der Waals surface area (Å²) >= 11 is 0. The van der Waals surface area contributed by atoms with Crippen molar-refractivity contribution in [2.75, 3.05) is 52.7 Å². The molecule has 0 saturated heterocycles. The number of alkyl carbamates (subject to hydrolysis) is 1. The van der Waals surface area contributed by atoms with E-state index in [0.717, 1.165) is 90.0 Å². The minimum atomic E-state index is -0.441. The van der Waals surface area contributed by atoms with Gasteiger partial charge in [0, 0.05) is 19.6 Å². The molecule has 38 heavy (non-hydrogen) atoms. The fourth-order valence-electron chi connectivity index (χ4n) is 3.45. The van der Waals surface area contributed by atoms with E-state index < -0.39 is 6.09 Å². The molecule has 216 valence electrons. The van der Waals surface area contributed by atoms with Crippen molar-refractivity contribution in [2.24, 2.45) is 0 Å². The molecule has 0 aromatic rings. The van der Waals surface area contributed by atoms with Crippen molar-refractivity contribution in [3.8, 4) is 12.5 Å². The average molecular weight is 539 g/mol. The molecule has 0 aromatic heterocycles. The van der Waals surface area contributed by atoms with Crippen molar-refractivity contribution < 1.29 is 28.6 Å². The highest BCUT2D eigenvalue weighted by Crippen LogP contribution is 2.08. The second-order valence-electron chi connectivity index (χ2n) is 8.55. The second kappa shape index (κ2) is 28.5. The predicted octanol–water partition coefficient (Wildman–Crippen LogP) is 3.73. The van der Waals surface area contributed by atoms with Crippen molar-refractivity contribution in [1.82, 2.24) is 20.8 Å². The summed E-state index contributed by atoms with van der Waals surface area (Å²) in [6.45, 7) is 7.34. The van der Waals surface area contributed by atoms with Gasteiger partial charge in [-0.05, 0) is 57.9 Å². The third kappa shape index (κ3) is 23.3. The van der Waals surface area contributed by atoms with Gasteiger partial charge in [0.1, 0.15) is 26.6 Å². The van der Waals surface area contributed by atoms with Gasteiger partial charge in [0.15, 0.2) is 0 Å². The third-order valence-corrected chi connectivity index (χ3v) is 5.46. The molecule has 0 rings (SSSR count). The Morgan fingerprint density at radius 1 is 0.816 bits per heavy atom. The Morgan fingerprint density at radius 3 is 2.00 bits per heavy atom. The van der Waals surface area contributed by atoms with Crippen LogP contribution in [0.5, 0.6) is 0 Å². The van der Waals surface area contributed by atoms with E-state index in [4.69, 9.17) is 20.1 Å². The predicted molar refractivity (Wildman–Crippen MR) is 142 cm³/mol. The molecule has 2 amide bonds. The molecule has 2 N–H and O–H groups in total. The van der Waals surface area contributed by atoms with Crippen LogP contribution in [0.3, 0.4) is 0 Å². The van der Waals surface area contributed by atoms with E-state index in [9.17, 15) is 9.59 Å². The fourth-order valence-corrected chi connectivity index (χ4v) is 3.45. The lowest BCUT2D eigenvalue weighted by atomic mass is 10.2. The Labute approximate surface area is 227 Å². The maximum atomic E-state index is 11.8. The summed E-state index contributed by atoms with van der Waals surface area (Å²) in [6, 6.07) is 0. The summed E-state index contributed by atoms with van der Waals surface area (Å²) in [7, 11) is 0. The van der Waals surface area contributed by atoms with Crippen molar-refractivity contribution in [3.05, 3.63) is 12.7 Å². The smallest absolute Gasteiger partial charge is 0.407 e. The average Bonchev–Trinajstić information content (AvgIpc) is 2.93. The van der Waals surface area contributed by atoms with E-state index in [1.807, 2.05) is 0 Å². The number of hydrogen-bond acceptors (Lipinski definition) is 10. The summed E-state index contributed by atoms with van der Waals surface area (Å²) < 4.78 is 14.2. The number of nitriles is 2. The van der Waals surface area contributed by atoms with Crippen LogP contribution in [0.1, 0.15) is 77.0 Å². The summed E-state index contributed by atoms with van der Waals surface area (Å²) in [5.74, 6) is 0. The summed E-state index contributed by atoms with van der Waals surface area (Å²) in [5, 5.41) is 25.9. The molecule has 12 heteroatoms. The van der Waals surface area contributed by atoms with E-state index in [1.165, 1.54) is 6.08 Å². The zero-order chi connectivity index (χ0) is 27.9. The van der Waals surface area contributed by atoms with Crippen LogP contribution in [0.25, 0.3) is 0 Å². The topological polar surface area (TPSA) is 149 Å². The number of hydrazine groups is 1. The molecule has 0 saturated carbocycles. The van der Waals surface area contributed by atoms with Crippen molar-refractivity contribution in [1.29, 1.82) is 10.5 Å². The normalized spacial score (nSPS) is 10.3. The van der Waals surface area contributed by atoms with Gasteiger partial charge in [0.2, 0.25) is 6.41 Å². The minimum Gasteiger partial charge on any atom is -0.445 e. The zero-order valence-electron chi connectivity index (χ0n) is 22.7. The fraction of sp³-hybridized carbons (Fsp3) is 0.769. The quantitative estimate of drug-likeness (QED) is 0.0377. The maximum absolute atomic E-state index is 11.8. The standard InChI is InChI=1S/C26H46N6O6/c1-2-19-37-26(34)30-16-10-3-5-12-18-32(31(25-33)17-11-6-8-14-21-36-23-28)38-24-29-15-9-4-7-13-20-35-22-27/h2,25,29H,1,3-21,24H2,(H,30,34). The Bertz CT molecular complexity index is 670. The van der Waals surface area contributed by atoms with Crippen LogP contribution < -0.4 is 10.6 Å². The number of nitrogens with zero attached hydrogens (tertiary/aromatic N) is 4. The van der Waals surface area contributed by atoms with E-state index in [-0.39, 0.29) is 6.61 Å². The van der Waals surface area contributed by atoms with Crippen molar-refractivity contribution in [3.63, 3.8) is 0 Å². The Morgan fingerprint density at radius 2 is 1.39 bits per heavy atom. The van der Waals surface area contributed by atoms with E-state index in [2.05, 4.69) is 26.7 Å². The molecule has 0 atom stereocenters. The molecule has 0 aliphatic carbocycles. The molecule has 0 radical (unpaired) electrons. The Kier molecular flexibility index (Phi) is 26.2. The number of rotatable bonds is 28. The number of carbonyl (C=O) groups excluding carboxylic acids is 2. The van der Waals surface area contributed by atoms with Gasteiger partial charge in [-0.25, -0.2) is 4.79 Å². The monoisotopic (exact) mass is 538 g/mol. The van der Waals surface area contributed by atoms with Crippen LogP contribution in [0.2, 0.25) is 0 Å². The largest absolute Gasteiger partial charge is 0.445 e. The van der Waals surface area contributed by atoms with Crippen LogP contribution in [0.4, 0.5) is 4.79 Å². The van der Waals surface area contributed by atoms with E-state index in [0.29, 0.717) is 39.6 Å². The highest BCUT2D eigenvalue weighted by molar-refractivity contribution is 5.67. The molecule has 0 heterocycles. The number of hydrogen-bond donors (Lipinski definition) is 2. The van der Waals surface area contributed by atoms with Crippen LogP contribution in [0.15, 0.2) is 12.7 Å². The molecule has 0 aromatic carbocycles. The van der Waals surface area contributed by atoms with Gasteiger partial charge in [-0.15, -0.1) is 0 Å². The first-order chi connectivity index (χ1) is 18.7. The molecule has 0 bridgehead atoms. The number of hydroxylamine groups is 1. The Hall–Kier alpha value is -3.06. The molecule has 0 aliphatic rings. The number of nitrogens with one attached hydrogen (secondary N) is 2. The molecule has 12 nitrogen and oxygen atoms in total. The zero-order valence-corrected chi connectivity index (χ0v) is 22.7. The lowest BCUT2D eigenvalue weighted by Crippen LogP contribution is -2.44. The molecule has 0 spiro atoms. The molecule has 0 aliphatic heterocycles. The van der Waals surface area contributed by atoms with Crippen LogP contribution in [0, 0.1) is 23.0 Å². The van der Waals surface area contributed by atoms with E-state index >= 15 is 0 Å². The summed E-state index contributed by atoms with van der Waals surface area (Å²) in [4.78, 5) is 29.1.